The quantitative estimate of drug-likeness (QED) is 0.588. The maximum atomic E-state index is 12.1. The van der Waals surface area contributed by atoms with E-state index in [0.29, 0.717) is 24.4 Å². The molecule has 0 aromatic carbocycles. The topological polar surface area (TPSA) is 86.8 Å². The van der Waals surface area contributed by atoms with E-state index in [4.69, 9.17) is 0 Å². The van der Waals surface area contributed by atoms with Crippen LogP contribution in [0.3, 0.4) is 0 Å². The zero-order chi connectivity index (χ0) is 18.3. The van der Waals surface area contributed by atoms with E-state index in [1.54, 1.807) is 26.1 Å². The molecule has 0 fully saturated rings. The Morgan fingerprint density at radius 1 is 1.29 bits per heavy atom. The number of sulfonamides is 1. The van der Waals surface area contributed by atoms with Crippen molar-refractivity contribution in [1.82, 2.24) is 14.5 Å². The number of likely N-dealkylation sites (N-methyl/N-ethyl adjacent to an activating group) is 1. The first-order valence-corrected chi connectivity index (χ1v) is 10.6. The smallest absolute Gasteiger partial charge is 0.264 e. The summed E-state index contributed by atoms with van der Waals surface area (Å²) < 4.78 is 25.3. The Balaban J connectivity index is 2.32. The van der Waals surface area contributed by atoms with Gasteiger partial charge in [0.15, 0.2) is 0 Å². The zero-order valence-corrected chi connectivity index (χ0v) is 17.1. The Hall–Kier alpha value is -0.970. The van der Waals surface area contributed by atoms with Gasteiger partial charge < -0.3 is 10.2 Å². The highest BCUT2D eigenvalue weighted by Crippen LogP contribution is 2.22. The highest BCUT2D eigenvalue weighted by Gasteiger charge is 2.17. The molecule has 0 aliphatic rings. The summed E-state index contributed by atoms with van der Waals surface area (Å²) in [5.41, 5.74) is 0. The van der Waals surface area contributed by atoms with Gasteiger partial charge in [0.1, 0.15) is 0 Å². The molecule has 24 heavy (non-hydrogen) atoms. The van der Waals surface area contributed by atoms with Crippen LogP contribution in [0.4, 0.5) is 0 Å². The lowest BCUT2D eigenvalue weighted by Gasteiger charge is -2.17. The van der Waals surface area contributed by atoms with Crippen molar-refractivity contribution in [1.29, 1.82) is 0 Å². The summed E-state index contributed by atoms with van der Waals surface area (Å²) in [7, 11) is -0.106. The van der Waals surface area contributed by atoms with Gasteiger partial charge in [0.05, 0.1) is 21.0 Å². The predicted octanol–water partition coefficient (Wildman–Crippen LogP) is 1.37. The largest absolute Gasteiger partial charge is 0.355 e. The molecule has 136 valence electrons. The third-order valence-corrected chi connectivity index (χ3v) is 6.80. The SMILES string of the molecule is CCS(=O)(=O)N(C)CCCNC(=O)CN(C)C(=O)c1ccc(Br)s1. The van der Waals surface area contributed by atoms with Gasteiger partial charge >= 0.3 is 0 Å². The minimum atomic E-state index is -3.19. The Morgan fingerprint density at radius 2 is 1.96 bits per heavy atom. The van der Waals surface area contributed by atoms with Crippen molar-refractivity contribution in [3.63, 3.8) is 0 Å². The van der Waals surface area contributed by atoms with E-state index >= 15 is 0 Å². The van der Waals surface area contributed by atoms with Crippen LogP contribution in [-0.2, 0) is 14.8 Å². The summed E-state index contributed by atoms with van der Waals surface area (Å²) >= 11 is 4.61. The lowest BCUT2D eigenvalue weighted by atomic mass is 10.4. The molecule has 10 heteroatoms. The van der Waals surface area contributed by atoms with Gasteiger partial charge in [-0.1, -0.05) is 0 Å². The van der Waals surface area contributed by atoms with Crippen molar-refractivity contribution >= 4 is 49.1 Å². The predicted molar refractivity (Wildman–Crippen MR) is 98.7 cm³/mol. The maximum Gasteiger partial charge on any atom is 0.264 e. The second kappa shape index (κ2) is 9.50. The fourth-order valence-corrected chi connectivity index (χ4v) is 4.08. The molecule has 7 nitrogen and oxygen atoms in total. The molecule has 1 rings (SSSR count). The van der Waals surface area contributed by atoms with Crippen LogP contribution >= 0.6 is 27.3 Å². The summed E-state index contributed by atoms with van der Waals surface area (Å²) in [5.74, 6) is -0.432. The highest BCUT2D eigenvalue weighted by molar-refractivity contribution is 9.11. The molecule has 0 bridgehead atoms. The van der Waals surface area contributed by atoms with Crippen LogP contribution in [0.1, 0.15) is 23.0 Å². The molecular formula is C14H22BrN3O4S2. The van der Waals surface area contributed by atoms with Gasteiger partial charge in [-0.05, 0) is 41.4 Å². The molecule has 1 aromatic rings. The molecule has 0 atom stereocenters. The Morgan fingerprint density at radius 3 is 2.50 bits per heavy atom. The first kappa shape index (κ1) is 21.1. The first-order chi connectivity index (χ1) is 11.2. The second-order valence-electron chi connectivity index (χ2n) is 5.19. The first-order valence-electron chi connectivity index (χ1n) is 7.39. The number of hydrogen-bond acceptors (Lipinski definition) is 5. The molecule has 0 aliphatic heterocycles. The maximum absolute atomic E-state index is 12.1. The highest BCUT2D eigenvalue weighted by atomic mass is 79.9. The number of nitrogens with one attached hydrogen (secondary N) is 1. The standard InChI is InChI=1S/C14H22BrN3O4S2/c1-4-24(21,22)18(3)9-5-8-16-13(19)10-17(2)14(20)11-6-7-12(15)23-11/h6-7H,4-5,8-10H2,1-3H3,(H,16,19). The Kier molecular flexibility index (Phi) is 8.34. The van der Waals surface area contributed by atoms with Crippen molar-refractivity contribution in [2.75, 3.05) is 39.5 Å². The van der Waals surface area contributed by atoms with Gasteiger partial charge in [0.2, 0.25) is 15.9 Å². The number of carbonyl (C=O) groups excluding carboxylic acids is 2. The van der Waals surface area contributed by atoms with E-state index in [1.165, 1.54) is 27.6 Å². The zero-order valence-electron chi connectivity index (χ0n) is 13.9. The van der Waals surface area contributed by atoms with E-state index < -0.39 is 10.0 Å². The van der Waals surface area contributed by atoms with Gasteiger partial charge in [-0.25, -0.2) is 12.7 Å². The molecule has 0 saturated carbocycles. The van der Waals surface area contributed by atoms with Crippen LogP contribution in [0.15, 0.2) is 15.9 Å². The van der Waals surface area contributed by atoms with E-state index in [1.807, 2.05) is 0 Å². The fraction of sp³-hybridized carbons (Fsp3) is 0.571. The van der Waals surface area contributed by atoms with E-state index in [2.05, 4.69) is 21.2 Å². The lowest BCUT2D eigenvalue weighted by molar-refractivity contribution is -0.121. The third-order valence-electron chi connectivity index (χ3n) is 3.32. The van der Waals surface area contributed by atoms with Crippen molar-refractivity contribution in [2.45, 2.75) is 13.3 Å². The number of nitrogens with zero attached hydrogens (tertiary/aromatic N) is 2. The van der Waals surface area contributed by atoms with E-state index in [-0.39, 0.29) is 24.1 Å². The monoisotopic (exact) mass is 439 g/mol. The summed E-state index contributed by atoms with van der Waals surface area (Å²) in [6, 6.07) is 3.49. The fourth-order valence-electron chi connectivity index (χ4n) is 1.85. The number of hydrogen-bond donors (Lipinski definition) is 1. The molecule has 1 aromatic heterocycles. The number of thiophene rings is 1. The number of rotatable bonds is 9. The third kappa shape index (κ3) is 6.50. The van der Waals surface area contributed by atoms with Crippen molar-refractivity contribution < 1.29 is 18.0 Å². The lowest BCUT2D eigenvalue weighted by Crippen LogP contribution is -2.39. The molecule has 0 unspecified atom stereocenters. The Labute approximate surface area is 155 Å². The van der Waals surface area contributed by atoms with Crippen LogP contribution < -0.4 is 5.32 Å². The number of halogens is 1. The summed E-state index contributed by atoms with van der Waals surface area (Å²) in [5, 5.41) is 2.69. The molecule has 0 radical (unpaired) electrons. The van der Waals surface area contributed by atoms with Gasteiger partial charge in [-0.3, -0.25) is 9.59 Å². The summed E-state index contributed by atoms with van der Waals surface area (Å²) in [6.07, 6.45) is 0.511. The average molecular weight is 440 g/mol. The van der Waals surface area contributed by atoms with Crippen LogP contribution in [0.25, 0.3) is 0 Å². The minimum absolute atomic E-state index is 0.0442. The molecule has 1 heterocycles. The summed E-state index contributed by atoms with van der Waals surface area (Å²) in [6.45, 7) is 2.24. The normalized spacial score (nSPS) is 11.5. The number of carbonyl (C=O) groups is 2. The average Bonchev–Trinajstić information content (AvgIpc) is 2.96. The molecule has 1 N–H and O–H groups in total. The molecule has 0 aliphatic carbocycles. The minimum Gasteiger partial charge on any atom is -0.355 e. The van der Waals surface area contributed by atoms with E-state index in [9.17, 15) is 18.0 Å². The molecule has 0 saturated heterocycles. The molecular weight excluding hydrogens is 418 g/mol. The van der Waals surface area contributed by atoms with Crippen LogP contribution in [0.5, 0.6) is 0 Å². The van der Waals surface area contributed by atoms with Gasteiger partial charge in [0.25, 0.3) is 5.91 Å². The van der Waals surface area contributed by atoms with Gasteiger partial charge in [-0.15, -0.1) is 11.3 Å². The van der Waals surface area contributed by atoms with Crippen molar-refractivity contribution in [3.8, 4) is 0 Å². The summed E-state index contributed by atoms with van der Waals surface area (Å²) in [4.78, 5) is 25.9. The molecule has 0 spiro atoms. The van der Waals surface area contributed by atoms with Gasteiger partial charge in [-0.2, -0.15) is 0 Å². The van der Waals surface area contributed by atoms with Crippen molar-refractivity contribution in [3.05, 3.63) is 20.8 Å². The molecule has 2 amide bonds. The van der Waals surface area contributed by atoms with Crippen LogP contribution in [-0.4, -0.2) is 68.9 Å². The van der Waals surface area contributed by atoms with Gasteiger partial charge in [0, 0.05) is 27.2 Å². The second-order valence-corrected chi connectivity index (χ2v) is 10.0. The van der Waals surface area contributed by atoms with E-state index in [0.717, 1.165) is 3.79 Å². The number of amides is 2. The van der Waals surface area contributed by atoms with Crippen molar-refractivity contribution in [2.24, 2.45) is 0 Å². The Bertz CT molecular complexity index is 675. The van der Waals surface area contributed by atoms with Crippen LogP contribution in [0, 0.1) is 0 Å². The van der Waals surface area contributed by atoms with Crippen LogP contribution in [0.2, 0.25) is 0 Å².